The third-order valence-electron chi connectivity index (χ3n) is 7.26. The van der Waals surface area contributed by atoms with Crippen LogP contribution in [0.4, 0.5) is 4.39 Å². The molecular formula is C31H37FN4O2S. The number of nitrogens with zero attached hydrogens (tertiary/aromatic N) is 3. The monoisotopic (exact) mass is 548 g/mol. The van der Waals surface area contributed by atoms with E-state index in [0.29, 0.717) is 17.8 Å². The molecule has 0 unspecified atom stereocenters. The van der Waals surface area contributed by atoms with Gasteiger partial charge in [-0.2, -0.15) is 11.8 Å². The third-order valence-corrected chi connectivity index (χ3v) is 8.21. The number of aromatic nitrogens is 1. The number of Topliss-reactive ketones (excluding diaryl/α,β-unsaturated/α-hetero) is 1. The molecule has 3 heterocycles. The van der Waals surface area contributed by atoms with Gasteiger partial charge in [0, 0.05) is 62.9 Å². The van der Waals surface area contributed by atoms with Crippen LogP contribution < -0.4 is 10.1 Å². The molecule has 2 aromatic carbocycles. The van der Waals surface area contributed by atoms with E-state index < -0.39 is 5.82 Å². The molecule has 1 N–H and O–H groups in total. The van der Waals surface area contributed by atoms with E-state index in [9.17, 15) is 9.18 Å². The minimum absolute atomic E-state index is 0.113. The van der Waals surface area contributed by atoms with E-state index in [1.54, 1.807) is 0 Å². The molecule has 5 rings (SSSR count). The summed E-state index contributed by atoms with van der Waals surface area (Å²) in [5, 5.41) is 3.62. The first-order valence-electron chi connectivity index (χ1n) is 13.7. The third kappa shape index (κ3) is 7.25. The number of thioether (sulfide) groups is 1. The average molecular weight is 549 g/mol. The Labute approximate surface area is 234 Å². The van der Waals surface area contributed by atoms with Crippen LogP contribution >= 0.6 is 11.8 Å². The molecule has 8 heteroatoms. The predicted octanol–water partition coefficient (Wildman–Crippen LogP) is 5.61. The highest BCUT2D eigenvalue weighted by molar-refractivity contribution is 7.99. The topological polar surface area (TPSA) is 57.7 Å². The first-order valence-corrected chi connectivity index (χ1v) is 14.8. The number of halogens is 1. The van der Waals surface area contributed by atoms with Crippen LogP contribution in [0.2, 0.25) is 0 Å². The highest BCUT2D eigenvalue weighted by atomic mass is 32.2. The summed E-state index contributed by atoms with van der Waals surface area (Å²) in [5.74, 6) is 2.14. The van der Waals surface area contributed by atoms with Gasteiger partial charge in [-0.15, -0.1) is 0 Å². The minimum Gasteiger partial charge on any atom is -0.438 e. The number of benzene rings is 2. The van der Waals surface area contributed by atoms with E-state index in [1.165, 1.54) is 29.7 Å². The van der Waals surface area contributed by atoms with Crippen LogP contribution in [-0.4, -0.2) is 70.3 Å². The van der Waals surface area contributed by atoms with Crippen molar-refractivity contribution in [3.8, 4) is 22.8 Å². The van der Waals surface area contributed by atoms with Gasteiger partial charge in [0.2, 0.25) is 5.88 Å². The van der Waals surface area contributed by atoms with Crippen molar-refractivity contribution < 1.29 is 13.9 Å². The number of carbonyl (C=O) groups excluding carboxylic acids is 1. The average Bonchev–Trinajstić information content (AvgIpc) is 2.90. The summed E-state index contributed by atoms with van der Waals surface area (Å²) in [6.07, 6.45) is 1.07. The summed E-state index contributed by atoms with van der Waals surface area (Å²) in [6, 6.07) is 16.8. The largest absolute Gasteiger partial charge is 0.438 e. The van der Waals surface area contributed by atoms with E-state index in [4.69, 9.17) is 4.74 Å². The number of ether oxygens (including phenoxy) is 1. The zero-order chi connectivity index (χ0) is 27.4. The number of carbonyl (C=O) groups is 1. The van der Waals surface area contributed by atoms with Crippen molar-refractivity contribution in [1.82, 2.24) is 20.1 Å². The van der Waals surface area contributed by atoms with Crippen LogP contribution in [0.25, 0.3) is 11.1 Å². The second-order valence-electron chi connectivity index (χ2n) is 10.7. The first kappa shape index (κ1) is 27.8. The first-order chi connectivity index (χ1) is 18.8. The van der Waals surface area contributed by atoms with E-state index in [0.717, 1.165) is 62.5 Å². The van der Waals surface area contributed by atoms with Crippen LogP contribution in [0.3, 0.4) is 0 Å². The fourth-order valence-corrected chi connectivity index (χ4v) is 6.56. The van der Waals surface area contributed by atoms with Crippen LogP contribution in [0, 0.1) is 5.82 Å². The minimum atomic E-state index is -0.563. The number of rotatable bonds is 8. The van der Waals surface area contributed by atoms with Crippen molar-refractivity contribution in [2.75, 3.05) is 37.7 Å². The lowest BCUT2D eigenvalue weighted by molar-refractivity contribution is 0.101. The molecule has 0 saturated carbocycles. The maximum Gasteiger partial charge on any atom is 0.230 e. The summed E-state index contributed by atoms with van der Waals surface area (Å²) >= 11 is 2.02. The molecule has 0 bridgehead atoms. The van der Waals surface area contributed by atoms with Crippen molar-refractivity contribution in [2.45, 2.75) is 45.9 Å². The molecular weight excluding hydrogens is 511 g/mol. The van der Waals surface area contributed by atoms with Crippen molar-refractivity contribution >= 4 is 17.5 Å². The molecule has 2 atom stereocenters. The second kappa shape index (κ2) is 12.6. The number of hydrogen-bond acceptors (Lipinski definition) is 7. The van der Waals surface area contributed by atoms with E-state index in [1.807, 2.05) is 30.0 Å². The number of ketones is 1. The van der Waals surface area contributed by atoms with Gasteiger partial charge in [-0.3, -0.25) is 14.6 Å². The summed E-state index contributed by atoms with van der Waals surface area (Å²) < 4.78 is 19.7. The molecule has 2 saturated heterocycles. The Morgan fingerprint density at radius 1 is 1.05 bits per heavy atom. The van der Waals surface area contributed by atoms with Crippen molar-refractivity contribution in [2.24, 2.45) is 0 Å². The lowest BCUT2D eigenvalue weighted by atomic mass is 9.96. The van der Waals surface area contributed by atoms with Gasteiger partial charge in [-0.1, -0.05) is 30.3 Å². The van der Waals surface area contributed by atoms with Crippen LogP contribution in [0.15, 0.2) is 54.7 Å². The van der Waals surface area contributed by atoms with Gasteiger partial charge in [0.25, 0.3) is 0 Å². The molecule has 6 nitrogen and oxygen atoms in total. The fourth-order valence-electron chi connectivity index (χ4n) is 5.58. The number of piperazine rings is 1. The molecule has 0 spiro atoms. The highest BCUT2D eigenvalue weighted by Crippen LogP contribution is 2.32. The molecule has 0 amide bonds. The Kier molecular flexibility index (Phi) is 8.97. The zero-order valence-electron chi connectivity index (χ0n) is 23.0. The van der Waals surface area contributed by atoms with Gasteiger partial charge in [0.1, 0.15) is 11.6 Å². The number of nitrogens with one attached hydrogen (secondary N) is 1. The molecule has 3 aromatic rings. The molecule has 2 fully saturated rings. The van der Waals surface area contributed by atoms with Crippen molar-refractivity contribution in [3.05, 3.63) is 77.2 Å². The lowest BCUT2D eigenvalue weighted by Gasteiger charge is -2.36. The molecule has 2 aliphatic heterocycles. The summed E-state index contributed by atoms with van der Waals surface area (Å²) in [4.78, 5) is 21.2. The number of hydrogen-bond donors (Lipinski definition) is 1. The predicted molar refractivity (Wildman–Crippen MR) is 156 cm³/mol. The maximum absolute atomic E-state index is 13.7. The van der Waals surface area contributed by atoms with Crippen molar-refractivity contribution in [3.63, 3.8) is 0 Å². The zero-order valence-corrected chi connectivity index (χ0v) is 23.8. The standard InChI is InChI=1S/C31H37FN4O2S/c1-21-17-36(18-22(2)34-21)19-24-7-8-29(26(13-24)20-35-9-11-39-12-10-35)25-5-4-6-28(14-25)38-31-30(23(3)37)15-27(32)16-33-31/h4-8,13-16,21-22,34H,9-12,17-20H2,1-3H3/t21-,22+. The van der Waals surface area contributed by atoms with Gasteiger partial charge in [-0.05, 0) is 61.2 Å². The molecule has 0 radical (unpaired) electrons. The molecule has 39 heavy (non-hydrogen) atoms. The van der Waals surface area contributed by atoms with Crippen LogP contribution in [0.5, 0.6) is 11.6 Å². The highest BCUT2D eigenvalue weighted by Gasteiger charge is 2.22. The summed E-state index contributed by atoms with van der Waals surface area (Å²) in [6.45, 7) is 12.0. The normalized spacial score (nSPS) is 20.6. The Bertz CT molecular complexity index is 1300. The van der Waals surface area contributed by atoms with Gasteiger partial charge in [0.15, 0.2) is 5.78 Å². The van der Waals surface area contributed by atoms with E-state index >= 15 is 0 Å². The van der Waals surface area contributed by atoms with E-state index in [2.05, 4.69) is 58.2 Å². The van der Waals surface area contributed by atoms with Gasteiger partial charge in [0.05, 0.1) is 11.8 Å². The van der Waals surface area contributed by atoms with Crippen LogP contribution in [-0.2, 0) is 13.1 Å². The number of pyridine rings is 1. The van der Waals surface area contributed by atoms with Gasteiger partial charge in [-0.25, -0.2) is 9.37 Å². The quantitative estimate of drug-likeness (QED) is 0.367. The molecule has 2 aliphatic rings. The Hall–Kier alpha value is -2.78. The van der Waals surface area contributed by atoms with Crippen LogP contribution in [0.1, 0.15) is 42.3 Å². The maximum atomic E-state index is 13.7. The second-order valence-corrected chi connectivity index (χ2v) is 12.0. The summed E-state index contributed by atoms with van der Waals surface area (Å²) in [5.41, 5.74) is 4.97. The Morgan fingerprint density at radius 2 is 1.82 bits per heavy atom. The molecule has 0 aliphatic carbocycles. The molecule has 1 aromatic heterocycles. The lowest BCUT2D eigenvalue weighted by Crippen LogP contribution is -2.53. The molecule has 206 valence electrons. The SMILES string of the molecule is CC(=O)c1cc(F)cnc1Oc1cccc(-c2ccc(CN3C[C@@H](C)N[C@@H](C)C3)cc2CN2CCSCC2)c1. The fraction of sp³-hybridized carbons (Fsp3) is 0.419. The van der Waals surface area contributed by atoms with E-state index in [-0.39, 0.29) is 17.2 Å². The van der Waals surface area contributed by atoms with Gasteiger partial charge >= 0.3 is 0 Å². The Balaban J connectivity index is 1.43. The Morgan fingerprint density at radius 3 is 2.56 bits per heavy atom. The van der Waals surface area contributed by atoms with Gasteiger partial charge < -0.3 is 10.1 Å². The smallest absolute Gasteiger partial charge is 0.230 e. The van der Waals surface area contributed by atoms with Crippen molar-refractivity contribution in [1.29, 1.82) is 0 Å². The summed E-state index contributed by atoms with van der Waals surface area (Å²) in [7, 11) is 0.